The number of aldehydes is 1. The molecule has 5 heteroatoms. The van der Waals surface area contributed by atoms with Crippen molar-refractivity contribution in [1.29, 1.82) is 0 Å². The summed E-state index contributed by atoms with van der Waals surface area (Å²) in [5, 5.41) is 2.65. The number of nitrogens with one attached hydrogen (secondary N) is 1. The minimum absolute atomic E-state index is 0.0196. The molecule has 144 valence electrons. The highest BCUT2D eigenvalue weighted by Crippen LogP contribution is 2.10. The molecule has 0 saturated carbocycles. The van der Waals surface area contributed by atoms with E-state index in [0.29, 0.717) is 24.8 Å². The number of carbonyl (C=O) groups excluding carboxylic acids is 3. The monoisotopic (exact) mass is 360 g/mol. The number of carbonyl (C=O) groups is 3. The van der Waals surface area contributed by atoms with E-state index in [0.717, 1.165) is 24.8 Å². The van der Waals surface area contributed by atoms with Crippen LogP contribution < -0.4 is 11.1 Å². The maximum Gasteiger partial charge on any atom is 0.220 e. The number of amides is 1. The van der Waals surface area contributed by atoms with Gasteiger partial charge in [-0.2, -0.15) is 0 Å². The molecule has 1 aromatic carbocycles. The van der Waals surface area contributed by atoms with Crippen molar-refractivity contribution in [2.24, 2.45) is 5.73 Å². The van der Waals surface area contributed by atoms with E-state index in [-0.39, 0.29) is 18.1 Å². The van der Waals surface area contributed by atoms with E-state index in [1.807, 2.05) is 0 Å². The summed E-state index contributed by atoms with van der Waals surface area (Å²) in [6, 6.07) is 6.22. The summed E-state index contributed by atoms with van der Waals surface area (Å²) in [5.41, 5.74) is 7.00. The minimum Gasteiger partial charge on any atom is -0.346 e. The summed E-state index contributed by atoms with van der Waals surface area (Å²) < 4.78 is 0. The second-order valence-corrected chi connectivity index (χ2v) is 6.71. The van der Waals surface area contributed by atoms with Crippen LogP contribution in [0.1, 0.15) is 80.6 Å². The lowest BCUT2D eigenvalue weighted by Crippen LogP contribution is -2.37. The van der Waals surface area contributed by atoms with Gasteiger partial charge in [-0.15, -0.1) is 0 Å². The molecule has 26 heavy (non-hydrogen) atoms. The Morgan fingerprint density at radius 3 is 2.23 bits per heavy atom. The van der Waals surface area contributed by atoms with Crippen molar-refractivity contribution in [2.75, 3.05) is 0 Å². The fourth-order valence-electron chi connectivity index (χ4n) is 2.80. The Hall–Kier alpha value is -2.01. The van der Waals surface area contributed by atoms with Crippen molar-refractivity contribution in [3.8, 4) is 0 Å². The largest absolute Gasteiger partial charge is 0.346 e. The lowest BCUT2D eigenvalue weighted by molar-refractivity contribution is -0.124. The zero-order valence-electron chi connectivity index (χ0n) is 15.8. The molecule has 0 heterocycles. The Labute approximate surface area is 156 Å². The summed E-state index contributed by atoms with van der Waals surface area (Å²) in [5.74, 6) is -0.330. The van der Waals surface area contributed by atoms with E-state index in [2.05, 4.69) is 12.2 Å². The van der Waals surface area contributed by atoms with Crippen molar-refractivity contribution in [2.45, 2.75) is 77.3 Å². The van der Waals surface area contributed by atoms with Gasteiger partial charge < -0.3 is 15.8 Å². The molecule has 0 bridgehead atoms. The fourth-order valence-corrected chi connectivity index (χ4v) is 2.80. The minimum atomic E-state index is -0.770. The van der Waals surface area contributed by atoms with Crippen LogP contribution in [0.4, 0.5) is 0 Å². The number of unbranched alkanes of at least 4 members (excludes halogenated alkanes) is 6. The molecule has 1 rings (SSSR count). The Kier molecular flexibility index (Phi) is 11.2. The molecule has 1 unspecified atom stereocenters. The van der Waals surface area contributed by atoms with Gasteiger partial charge in [0.15, 0.2) is 5.78 Å². The topological polar surface area (TPSA) is 89.3 Å². The molecule has 0 aliphatic carbocycles. The molecular weight excluding hydrogens is 328 g/mol. The quantitative estimate of drug-likeness (QED) is 0.302. The third kappa shape index (κ3) is 8.90. The van der Waals surface area contributed by atoms with E-state index < -0.39 is 6.04 Å². The van der Waals surface area contributed by atoms with Gasteiger partial charge in [0.25, 0.3) is 0 Å². The van der Waals surface area contributed by atoms with Crippen molar-refractivity contribution < 1.29 is 14.4 Å². The lowest BCUT2D eigenvalue weighted by Gasteiger charge is -2.12. The highest BCUT2D eigenvalue weighted by molar-refractivity contribution is 5.98. The maximum atomic E-state index is 12.2. The average Bonchev–Trinajstić information content (AvgIpc) is 2.66. The standard InChI is InChI=1S/C21H32N2O3/c1-2-3-4-5-6-7-8-9-21(26)23-19(16-24)14-20(25)18-12-10-17(15-22)11-13-18/h10-13,16,19H,2-9,14-15,22H2,1H3,(H,23,26). The number of benzene rings is 1. The normalized spacial score (nSPS) is 11.8. The second kappa shape index (κ2) is 13.2. The summed E-state index contributed by atoms with van der Waals surface area (Å²) in [7, 11) is 0. The highest BCUT2D eigenvalue weighted by Gasteiger charge is 2.16. The Morgan fingerprint density at radius 2 is 1.65 bits per heavy atom. The molecule has 0 spiro atoms. The van der Waals surface area contributed by atoms with E-state index in [1.54, 1.807) is 24.3 Å². The van der Waals surface area contributed by atoms with Crippen LogP contribution in [0, 0.1) is 0 Å². The van der Waals surface area contributed by atoms with Crippen LogP contribution in [0.25, 0.3) is 0 Å². The lowest BCUT2D eigenvalue weighted by atomic mass is 10.0. The highest BCUT2D eigenvalue weighted by atomic mass is 16.2. The van der Waals surface area contributed by atoms with Crippen LogP contribution in [0.3, 0.4) is 0 Å². The molecule has 0 aliphatic heterocycles. The van der Waals surface area contributed by atoms with Gasteiger partial charge in [-0.1, -0.05) is 69.7 Å². The van der Waals surface area contributed by atoms with Crippen molar-refractivity contribution in [3.05, 3.63) is 35.4 Å². The molecule has 0 aromatic heterocycles. The maximum absolute atomic E-state index is 12.2. The summed E-state index contributed by atoms with van der Waals surface area (Å²) in [6.45, 7) is 2.60. The Morgan fingerprint density at radius 1 is 1.04 bits per heavy atom. The summed E-state index contributed by atoms with van der Waals surface area (Å²) >= 11 is 0. The van der Waals surface area contributed by atoms with E-state index in [1.165, 1.54) is 25.7 Å². The van der Waals surface area contributed by atoms with Gasteiger partial charge in [0, 0.05) is 24.9 Å². The van der Waals surface area contributed by atoms with Gasteiger partial charge >= 0.3 is 0 Å². The first-order chi connectivity index (χ1) is 12.6. The third-order valence-corrected chi connectivity index (χ3v) is 4.43. The number of Topliss-reactive ketones (excluding diaryl/α,β-unsaturated/α-hetero) is 1. The van der Waals surface area contributed by atoms with Crippen LogP contribution in [0.5, 0.6) is 0 Å². The van der Waals surface area contributed by atoms with Crippen LogP contribution in [-0.2, 0) is 16.1 Å². The molecule has 0 saturated heterocycles. The average molecular weight is 360 g/mol. The predicted molar refractivity (Wildman–Crippen MR) is 104 cm³/mol. The van der Waals surface area contributed by atoms with Crippen LogP contribution >= 0.6 is 0 Å². The molecular formula is C21H32N2O3. The van der Waals surface area contributed by atoms with Crippen molar-refractivity contribution in [1.82, 2.24) is 5.32 Å². The van der Waals surface area contributed by atoms with Gasteiger partial charge in [0.2, 0.25) is 5.91 Å². The van der Waals surface area contributed by atoms with Crippen molar-refractivity contribution >= 4 is 18.0 Å². The fraction of sp³-hybridized carbons (Fsp3) is 0.571. The molecule has 0 fully saturated rings. The first-order valence-corrected chi connectivity index (χ1v) is 9.67. The first-order valence-electron chi connectivity index (χ1n) is 9.67. The van der Waals surface area contributed by atoms with Gasteiger partial charge in [-0.3, -0.25) is 9.59 Å². The predicted octanol–water partition coefficient (Wildman–Crippen LogP) is 3.54. The second-order valence-electron chi connectivity index (χ2n) is 6.71. The molecule has 0 aliphatic rings. The van der Waals surface area contributed by atoms with E-state index in [4.69, 9.17) is 5.73 Å². The van der Waals surface area contributed by atoms with Crippen molar-refractivity contribution in [3.63, 3.8) is 0 Å². The molecule has 3 N–H and O–H groups in total. The number of hydrogen-bond acceptors (Lipinski definition) is 4. The third-order valence-electron chi connectivity index (χ3n) is 4.43. The Bertz CT molecular complexity index is 555. The zero-order valence-corrected chi connectivity index (χ0v) is 15.8. The molecule has 0 radical (unpaired) electrons. The smallest absolute Gasteiger partial charge is 0.220 e. The Balaban J connectivity index is 2.30. The molecule has 1 amide bonds. The molecule has 1 aromatic rings. The van der Waals surface area contributed by atoms with Gasteiger partial charge in [-0.25, -0.2) is 0 Å². The van der Waals surface area contributed by atoms with Crippen LogP contribution in [0.2, 0.25) is 0 Å². The molecule has 1 atom stereocenters. The number of ketones is 1. The van der Waals surface area contributed by atoms with Gasteiger partial charge in [0.05, 0.1) is 6.04 Å². The van der Waals surface area contributed by atoms with E-state index in [9.17, 15) is 14.4 Å². The first kappa shape index (κ1) is 22.0. The van der Waals surface area contributed by atoms with Crippen LogP contribution in [-0.4, -0.2) is 24.0 Å². The number of rotatable bonds is 14. The SMILES string of the molecule is CCCCCCCCCC(=O)NC(C=O)CC(=O)c1ccc(CN)cc1. The van der Waals surface area contributed by atoms with Gasteiger partial charge in [-0.05, 0) is 12.0 Å². The van der Waals surface area contributed by atoms with Gasteiger partial charge in [0.1, 0.15) is 6.29 Å². The summed E-state index contributed by atoms with van der Waals surface area (Å²) in [4.78, 5) is 35.4. The number of hydrogen-bond donors (Lipinski definition) is 2. The van der Waals surface area contributed by atoms with Crippen LogP contribution in [0.15, 0.2) is 24.3 Å². The summed E-state index contributed by atoms with van der Waals surface area (Å²) in [6.07, 6.45) is 8.96. The van der Waals surface area contributed by atoms with E-state index >= 15 is 0 Å². The zero-order chi connectivity index (χ0) is 19.2. The molecule has 5 nitrogen and oxygen atoms in total. The number of nitrogens with two attached hydrogens (primary N) is 1.